The van der Waals surface area contributed by atoms with Crippen LogP contribution in [0.3, 0.4) is 0 Å². The van der Waals surface area contributed by atoms with Gasteiger partial charge in [-0.2, -0.15) is 0 Å². The first kappa shape index (κ1) is 8.91. The molecule has 0 amide bonds. The van der Waals surface area contributed by atoms with Crippen LogP contribution in [-0.2, 0) is 0 Å². The van der Waals surface area contributed by atoms with Crippen molar-refractivity contribution in [1.29, 1.82) is 0 Å². The quantitative estimate of drug-likeness (QED) is 0.682. The molecular formula is C10H14N2. The van der Waals surface area contributed by atoms with Crippen LogP contribution in [-0.4, -0.2) is 9.97 Å². The highest BCUT2D eigenvalue weighted by Crippen LogP contribution is 2.11. The van der Waals surface area contributed by atoms with Gasteiger partial charge < -0.3 is 0 Å². The molecule has 1 heterocycles. The number of unbranched alkanes of at least 4 members (excludes halogenated alkanes) is 1. The molecule has 2 heteroatoms. The fourth-order valence-electron chi connectivity index (χ4n) is 0.981. The smallest absolute Gasteiger partial charge is 0.115 e. The second kappa shape index (κ2) is 4.65. The van der Waals surface area contributed by atoms with Gasteiger partial charge in [0.1, 0.15) is 6.33 Å². The minimum absolute atomic E-state index is 1.12. The van der Waals surface area contributed by atoms with Gasteiger partial charge in [0.05, 0.1) is 0 Å². The monoisotopic (exact) mass is 162 g/mol. The third-order valence-electron chi connectivity index (χ3n) is 1.76. The summed E-state index contributed by atoms with van der Waals surface area (Å²) in [4.78, 5) is 7.92. The SMILES string of the molecule is CCCC=C(C)c1cncnc1. The first-order valence-electron chi connectivity index (χ1n) is 4.26. The minimum Gasteiger partial charge on any atom is -0.244 e. The number of hydrogen-bond acceptors (Lipinski definition) is 2. The van der Waals surface area contributed by atoms with E-state index in [1.807, 2.05) is 12.4 Å². The van der Waals surface area contributed by atoms with E-state index in [1.54, 1.807) is 6.33 Å². The summed E-state index contributed by atoms with van der Waals surface area (Å²) >= 11 is 0. The molecule has 0 radical (unpaired) electrons. The topological polar surface area (TPSA) is 25.8 Å². The number of aromatic nitrogens is 2. The molecule has 0 atom stereocenters. The molecule has 0 aliphatic heterocycles. The minimum atomic E-state index is 1.12. The van der Waals surface area contributed by atoms with E-state index in [2.05, 4.69) is 29.9 Å². The van der Waals surface area contributed by atoms with Crippen molar-refractivity contribution in [2.75, 3.05) is 0 Å². The summed E-state index contributed by atoms with van der Waals surface area (Å²) in [6.07, 6.45) is 9.77. The van der Waals surface area contributed by atoms with Crippen LogP contribution in [0.4, 0.5) is 0 Å². The molecule has 0 saturated carbocycles. The van der Waals surface area contributed by atoms with Crippen LogP contribution >= 0.6 is 0 Å². The van der Waals surface area contributed by atoms with Gasteiger partial charge in [-0.3, -0.25) is 0 Å². The van der Waals surface area contributed by atoms with Crippen molar-refractivity contribution in [2.45, 2.75) is 26.7 Å². The molecular weight excluding hydrogens is 148 g/mol. The molecule has 0 aliphatic rings. The average molecular weight is 162 g/mol. The number of nitrogens with zero attached hydrogens (tertiary/aromatic N) is 2. The van der Waals surface area contributed by atoms with Crippen LogP contribution < -0.4 is 0 Å². The lowest BCUT2D eigenvalue weighted by Crippen LogP contribution is -1.83. The van der Waals surface area contributed by atoms with Crippen molar-refractivity contribution in [2.24, 2.45) is 0 Å². The van der Waals surface area contributed by atoms with E-state index in [1.165, 1.54) is 12.0 Å². The Bertz CT molecular complexity index is 252. The Balaban J connectivity index is 2.71. The first-order chi connectivity index (χ1) is 5.84. The van der Waals surface area contributed by atoms with Gasteiger partial charge in [0.15, 0.2) is 0 Å². The maximum atomic E-state index is 3.96. The average Bonchev–Trinajstić information content (AvgIpc) is 2.15. The molecule has 64 valence electrons. The Morgan fingerprint density at radius 3 is 2.67 bits per heavy atom. The zero-order valence-corrected chi connectivity index (χ0v) is 7.62. The zero-order chi connectivity index (χ0) is 8.81. The molecule has 0 bridgehead atoms. The number of hydrogen-bond donors (Lipinski definition) is 0. The Hall–Kier alpha value is -1.18. The van der Waals surface area contributed by atoms with E-state index in [4.69, 9.17) is 0 Å². The number of allylic oxidation sites excluding steroid dienone is 2. The van der Waals surface area contributed by atoms with Crippen LogP contribution in [0.15, 0.2) is 24.8 Å². The standard InChI is InChI=1S/C10H14N2/c1-3-4-5-9(2)10-6-11-8-12-7-10/h5-8H,3-4H2,1-2H3. The molecule has 0 saturated heterocycles. The van der Waals surface area contributed by atoms with E-state index in [0.717, 1.165) is 12.0 Å². The molecule has 2 nitrogen and oxygen atoms in total. The maximum Gasteiger partial charge on any atom is 0.115 e. The molecule has 0 N–H and O–H groups in total. The molecule has 12 heavy (non-hydrogen) atoms. The summed E-state index contributed by atoms with van der Waals surface area (Å²) in [5.74, 6) is 0. The summed E-state index contributed by atoms with van der Waals surface area (Å²) in [5, 5.41) is 0. The van der Waals surface area contributed by atoms with Gasteiger partial charge in [0.2, 0.25) is 0 Å². The third-order valence-corrected chi connectivity index (χ3v) is 1.76. The summed E-state index contributed by atoms with van der Waals surface area (Å²) < 4.78 is 0. The molecule has 0 aromatic carbocycles. The van der Waals surface area contributed by atoms with Crippen molar-refractivity contribution >= 4 is 5.57 Å². The molecule has 0 unspecified atom stereocenters. The van der Waals surface area contributed by atoms with Gasteiger partial charge in [0, 0.05) is 18.0 Å². The summed E-state index contributed by atoms with van der Waals surface area (Å²) in [7, 11) is 0. The van der Waals surface area contributed by atoms with Gasteiger partial charge in [-0.25, -0.2) is 9.97 Å². The van der Waals surface area contributed by atoms with E-state index >= 15 is 0 Å². The van der Waals surface area contributed by atoms with Crippen LogP contribution in [0.25, 0.3) is 5.57 Å². The molecule has 0 fully saturated rings. The van der Waals surface area contributed by atoms with Gasteiger partial charge in [0.25, 0.3) is 0 Å². The largest absolute Gasteiger partial charge is 0.244 e. The molecule has 1 aromatic rings. The highest BCUT2D eigenvalue weighted by molar-refractivity contribution is 5.61. The predicted molar refractivity (Wildman–Crippen MR) is 50.6 cm³/mol. The first-order valence-corrected chi connectivity index (χ1v) is 4.26. The second-order valence-corrected chi connectivity index (χ2v) is 2.80. The van der Waals surface area contributed by atoms with Crippen LogP contribution in [0.1, 0.15) is 32.3 Å². The highest BCUT2D eigenvalue weighted by Gasteiger charge is 1.93. The van der Waals surface area contributed by atoms with Gasteiger partial charge in [-0.05, 0) is 18.9 Å². The van der Waals surface area contributed by atoms with Crippen molar-refractivity contribution in [3.8, 4) is 0 Å². The van der Waals surface area contributed by atoms with Crippen LogP contribution in [0, 0.1) is 0 Å². The normalized spacial score (nSPS) is 11.7. The van der Waals surface area contributed by atoms with E-state index in [-0.39, 0.29) is 0 Å². The second-order valence-electron chi connectivity index (χ2n) is 2.80. The summed E-state index contributed by atoms with van der Waals surface area (Å²) in [6.45, 7) is 4.26. The third kappa shape index (κ3) is 2.46. The van der Waals surface area contributed by atoms with Crippen molar-refractivity contribution < 1.29 is 0 Å². The summed E-state index contributed by atoms with van der Waals surface area (Å²) in [6, 6.07) is 0. The Kier molecular flexibility index (Phi) is 3.45. The van der Waals surface area contributed by atoms with Crippen LogP contribution in [0.5, 0.6) is 0 Å². The lowest BCUT2D eigenvalue weighted by atomic mass is 10.1. The van der Waals surface area contributed by atoms with E-state index < -0.39 is 0 Å². The number of rotatable bonds is 3. The zero-order valence-electron chi connectivity index (χ0n) is 7.62. The van der Waals surface area contributed by atoms with Gasteiger partial charge >= 0.3 is 0 Å². The van der Waals surface area contributed by atoms with E-state index in [0.29, 0.717) is 0 Å². The van der Waals surface area contributed by atoms with Gasteiger partial charge in [-0.15, -0.1) is 0 Å². The fraction of sp³-hybridized carbons (Fsp3) is 0.400. The Morgan fingerprint density at radius 2 is 2.08 bits per heavy atom. The predicted octanol–water partition coefficient (Wildman–Crippen LogP) is 2.68. The van der Waals surface area contributed by atoms with Gasteiger partial charge in [-0.1, -0.05) is 19.4 Å². The molecule has 1 aromatic heterocycles. The Morgan fingerprint density at radius 1 is 1.42 bits per heavy atom. The lowest BCUT2D eigenvalue weighted by molar-refractivity contribution is 0.958. The Labute approximate surface area is 73.4 Å². The molecule has 0 aliphatic carbocycles. The van der Waals surface area contributed by atoms with Crippen molar-refractivity contribution in [3.63, 3.8) is 0 Å². The van der Waals surface area contributed by atoms with E-state index in [9.17, 15) is 0 Å². The highest BCUT2D eigenvalue weighted by atomic mass is 14.8. The van der Waals surface area contributed by atoms with Crippen LogP contribution in [0.2, 0.25) is 0 Å². The summed E-state index contributed by atoms with van der Waals surface area (Å²) in [5.41, 5.74) is 2.38. The maximum absolute atomic E-state index is 3.96. The molecule has 1 rings (SSSR count). The van der Waals surface area contributed by atoms with Crippen molar-refractivity contribution in [3.05, 3.63) is 30.4 Å². The fourth-order valence-corrected chi connectivity index (χ4v) is 0.981. The lowest BCUT2D eigenvalue weighted by Gasteiger charge is -1.98. The van der Waals surface area contributed by atoms with Crippen molar-refractivity contribution in [1.82, 2.24) is 9.97 Å². The molecule has 0 spiro atoms.